The van der Waals surface area contributed by atoms with E-state index >= 15 is 0 Å². The average Bonchev–Trinajstić information content (AvgIpc) is 2.67. The topological polar surface area (TPSA) is 66.5 Å². The summed E-state index contributed by atoms with van der Waals surface area (Å²) in [7, 11) is -2.87. The van der Waals surface area contributed by atoms with Crippen molar-refractivity contribution in [2.24, 2.45) is 0 Å². The molecule has 0 aromatic rings. The number of hydrogen-bond donors (Lipinski definition) is 1. The Morgan fingerprint density at radius 1 is 1.26 bits per heavy atom. The predicted octanol–water partition coefficient (Wildman–Crippen LogP) is 0.900. The van der Waals surface area contributed by atoms with E-state index in [0.29, 0.717) is 12.8 Å². The van der Waals surface area contributed by atoms with Gasteiger partial charge < -0.3 is 4.90 Å². The Labute approximate surface area is 115 Å². The van der Waals surface area contributed by atoms with Crippen LogP contribution in [0, 0.1) is 0 Å². The van der Waals surface area contributed by atoms with Crippen LogP contribution in [0.3, 0.4) is 0 Å². The molecule has 2 aliphatic rings. The molecule has 110 valence electrons. The van der Waals surface area contributed by atoms with E-state index in [1.54, 1.807) is 0 Å². The molecule has 2 rings (SSSR count). The standard InChI is InChI=1S/C13H24N2O3S/c1-3-5-12-14-11(4-2)13(16)15(12)10-6-8-19(17,18)9-7-10/h10-12,14H,3-9H2,1-2H3. The van der Waals surface area contributed by atoms with Gasteiger partial charge in [0.25, 0.3) is 0 Å². The Balaban J connectivity index is 2.09. The van der Waals surface area contributed by atoms with Gasteiger partial charge in [-0.3, -0.25) is 10.1 Å². The van der Waals surface area contributed by atoms with Crippen LogP contribution in [-0.4, -0.2) is 49.0 Å². The molecule has 5 nitrogen and oxygen atoms in total. The fourth-order valence-corrected chi connectivity index (χ4v) is 4.56. The van der Waals surface area contributed by atoms with E-state index in [-0.39, 0.29) is 35.7 Å². The van der Waals surface area contributed by atoms with E-state index in [0.717, 1.165) is 19.3 Å². The first-order valence-electron chi connectivity index (χ1n) is 7.27. The predicted molar refractivity (Wildman–Crippen MR) is 74.4 cm³/mol. The van der Waals surface area contributed by atoms with Crippen LogP contribution in [0.2, 0.25) is 0 Å². The smallest absolute Gasteiger partial charge is 0.241 e. The van der Waals surface area contributed by atoms with Gasteiger partial charge in [0, 0.05) is 6.04 Å². The first kappa shape index (κ1) is 14.8. The zero-order chi connectivity index (χ0) is 14.0. The summed E-state index contributed by atoms with van der Waals surface area (Å²) in [5.41, 5.74) is 0. The number of amides is 1. The molecular weight excluding hydrogens is 264 g/mol. The SMILES string of the molecule is CCCC1NC(CC)C(=O)N1C1CCS(=O)(=O)CC1. The maximum absolute atomic E-state index is 12.4. The lowest BCUT2D eigenvalue weighted by atomic mass is 10.1. The van der Waals surface area contributed by atoms with Crippen LogP contribution in [0.4, 0.5) is 0 Å². The van der Waals surface area contributed by atoms with Gasteiger partial charge in [-0.2, -0.15) is 0 Å². The van der Waals surface area contributed by atoms with E-state index in [2.05, 4.69) is 12.2 Å². The quantitative estimate of drug-likeness (QED) is 0.834. The van der Waals surface area contributed by atoms with Crippen LogP contribution in [0.25, 0.3) is 0 Å². The van der Waals surface area contributed by atoms with Crippen molar-refractivity contribution in [3.05, 3.63) is 0 Å². The van der Waals surface area contributed by atoms with Crippen molar-refractivity contribution in [2.45, 2.75) is 64.2 Å². The largest absolute Gasteiger partial charge is 0.323 e. The molecule has 0 bridgehead atoms. The van der Waals surface area contributed by atoms with Crippen molar-refractivity contribution >= 4 is 15.7 Å². The Morgan fingerprint density at radius 3 is 2.42 bits per heavy atom. The second kappa shape index (κ2) is 5.79. The third kappa shape index (κ3) is 3.11. The highest BCUT2D eigenvalue weighted by atomic mass is 32.2. The van der Waals surface area contributed by atoms with Gasteiger partial charge in [0.15, 0.2) is 0 Å². The number of carbonyl (C=O) groups excluding carboxylic acids is 1. The van der Waals surface area contributed by atoms with Crippen LogP contribution >= 0.6 is 0 Å². The first-order chi connectivity index (χ1) is 8.98. The van der Waals surface area contributed by atoms with Gasteiger partial charge in [0.05, 0.1) is 23.7 Å². The molecule has 0 aliphatic carbocycles. The highest BCUT2D eigenvalue weighted by Crippen LogP contribution is 2.26. The van der Waals surface area contributed by atoms with Crippen molar-refractivity contribution in [3.8, 4) is 0 Å². The number of carbonyl (C=O) groups is 1. The molecule has 2 aliphatic heterocycles. The highest BCUT2D eigenvalue weighted by Gasteiger charge is 2.42. The van der Waals surface area contributed by atoms with Crippen molar-refractivity contribution in [1.82, 2.24) is 10.2 Å². The Hall–Kier alpha value is -0.620. The van der Waals surface area contributed by atoms with Crippen LogP contribution in [0.15, 0.2) is 0 Å². The molecule has 2 saturated heterocycles. The van der Waals surface area contributed by atoms with E-state index in [4.69, 9.17) is 0 Å². The van der Waals surface area contributed by atoms with Gasteiger partial charge in [0.2, 0.25) is 5.91 Å². The molecule has 1 N–H and O–H groups in total. The molecule has 2 fully saturated rings. The lowest BCUT2D eigenvalue weighted by Crippen LogP contribution is -2.48. The molecule has 0 aromatic heterocycles. The maximum Gasteiger partial charge on any atom is 0.241 e. The summed E-state index contributed by atoms with van der Waals surface area (Å²) in [5, 5.41) is 3.39. The molecule has 2 unspecified atom stereocenters. The number of nitrogens with zero attached hydrogens (tertiary/aromatic N) is 1. The van der Waals surface area contributed by atoms with E-state index in [1.807, 2.05) is 11.8 Å². The van der Waals surface area contributed by atoms with Gasteiger partial charge in [-0.25, -0.2) is 8.42 Å². The molecule has 0 spiro atoms. The first-order valence-corrected chi connectivity index (χ1v) is 9.09. The maximum atomic E-state index is 12.4. The zero-order valence-electron chi connectivity index (χ0n) is 11.8. The molecule has 2 heterocycles. The average molecular weight is 288 g/mol. The van der Waals surface area contributed by atoms with Gasteiger partial charge >= 0.3 is 0 Å². The third-order valence-electron chi connectivity index (χ3n) is 4.17. The summed E-state index contributed by atoms with van der Waals surface area (Å²) in [6.45, 7) is 4.11. The third-order valence-corrected chi connectivity index (χ3v) is 5.89. The summed E-state index contributed by atoms with van der Waals surface area (Å²) >= 11 is 0. The number of nitrogens with one attached hydrogen (secondary N) is 1. The Kier molecular flexibility index (Phi) is 4.50. The summed E-state index contributed by atoms with van der Waals surface area (Å²) in [4.78, 5) is 14.3. The van der Waals surface area contributed by atoms with Crippen molar-refractivity contribution in [1.29, 1.82) is 0 Å². The van der Waals surface area contributed by atoms with Crippen LogP contribution in [0.1, 0.15) is 46.0 Å². The molecule has 0 radical (unpaired) electrons. The zero-order valence-corrected chi connectivity index (χ0v) is 12.6. The van der Waals surface area contributed by atoms with Crippen molar-refractivity contribution in [2.75, 3.05) is 11.5 Å². The van der Waals surface area contributed by atoms with Gasteiger partial charge in [-0.05, 0) is 25.7 Å². The van der Waals surface area contributed by atoms with Crippen LogP contribution < -0.4 is 5.32 Å². The minimum atomic E-state index is -2.87. The van der Waals surface area contributed by atoms with E-state index in [9.17, 15) is 13.2 Å². The Bertz CT molecular complexity index is 421. The monoisotopic (exact) mass is 288 g/mol. The Morgan fingerprint density at radius 2 is 1.89 bits per heavy atom. The van der Waals surface area contributed by atoms with E-state index in [1.165, 1.54) is 0 Å². The fraction of sp³-hybridized carbons (Fsp3) is 0.923. The van der Waals surface area contributed by atoms with Crippen LogP contribution in [0.5, 0.6) is 0 Å². The number of hydrogen-bond acceptors (Lipinski definition) is 4. The highest BCUT2D eigenvalue weighted by molar-refractivity contribution is 7.91. The molecule has 0 aromatic carbocycles. The molecule has 19 heavy (non-hydrogen) atoms. The van der Waals surface area contributed by atoms with Gasteiger partial charge in [0.1, 0.15) is 9.84 Å². The molecule has 1 amide bonds. The molecule has 6 heteroatoms. The second-order valence-corrected chi connectivity index (χ2v) is 7.86. The van der Waals surface area contributed by atoms with E-state index < -0.39 is 9.84 Å². The normalized spacial score (nSPS) is 31.9. The fourth-order valence-electron chi connectivity index (χ4n) is 3.10. The van der Waals surface area contributed by atoms with Crippen molar-refractivity contribution < 1.29 is 13.2 Å². The minimum absolute atomic E-state index is 0.0879. The number of sulfone groups is 1. The summed E-state index contributed by atoms with van der Waals surface area (Å²) in [6, 6.07) is 0.00621. The summed E-state index contributed by atoms with van der Waals surface area (Å²) in [6.07, 6.45) is 4.02. The minimum Gasteiger partial charge on any atom is -0.323 e. The summed E-state index contributed by atoms with van der Waals surface area (Å²) < 4.78 is 23.0. The molecular formula is C13H24N2O3S. The lowest BCUT2D eigenvalue weighted by Gasteiger charge is -2.35. The molecule has 2 atom stereocenters. The van der Waals surface area contributed by atoms with Crippen LogP contribution in [-0.2, 0) is 14.6 Å². The number of rotatable bonds is 4. The lowest BCUT2D eigenvalue weighted by molar-refractivity contribution is -0.132. The molecule has 0 saturated carbocycles. The van der Waals surface area contributed by atoms with Gasteiger partial charge in [-0.1, -0.05) is 20.3 Å². The second-order valence-electron chi connectivity index (χ2n) is 5.56. The van der Waals surface area contributed by atoms with Crippen molar-refractivity contribution in [3.63, 3.8) is 0 Å². The summed E-state index contributed by atoms with van der Waals surface area (Å²) in [5.74, 6) is 0.596. The van der Waals surface area contributed by atoms with Gasteiger partial charge in [-0.15, -0.1) is 0 Å².